The number of hydrogen-bond acceptors (Lipinski definition) is 4. The van der Waals surface area contributed by atoms with E-state index in [0.29, 0.717) is 12.8 Å². The summed E-state index contributed by atoms with van der Waals surface area (Å²) >= 11 is 0. The first kappa shape index (κ1) is 10.8. The number of rotatable bonds is 6. The lowest BCUT2D eigenvalue weighted by atomic mass is 10.1. The van der Waals surface area contributed by atoms with Crippen molar-refractivity contribution in [3.8, 4) is 0 Å². The van der Waals surface area contributed by atoms with Crippen LogP contribution in [-0.2, 0) is 0 Å². The van der Waals surface area contributed by atoms with E-state index in [-0.39, 0.29) is 17.9 Å². The van der Waals surface area contributed by atoms with Crippen LogP contribution in [0.25, 0.3) is 0 Å². The van der Waals surface area contributed by atoms with Gasteiger partial charge < -0.3 is 0 Å². The minimum absolute atomic E-state index is 0.176. The molecule has 0 radical (unpaired) electrons. The van der Waals surface area contributed by atoms with E-state index in [1.54, 1.807) is 6.92 Å². The Balaban J connectivity index is 3.59. The molecule has 70 valence electrons. The number of hydrogen-bond donors (Lipinski definition) is 0. The zero-order valence-corrected chi connectivity index (χ0v) is 6.93. The maximum Gasteiger partial charge on any atom is 0.213 e. The lowest BCUT2D eigenvalue weighted by molar-refractivity contribution is -0.527. The molecule has 0 bridgehead atoms. The smallest absolute Gasteiger partial charge is 0.213 e. The largest absolute Gasteiger partial charge is 0.265 e. The Bertz CT molecular complexity index is 171. The van der Waals surface area contributed by atoms with Gasteiger partial charge in [-0.1, -0.05) is 6.92 Å². The van der Waals surface area contributed by atoms with Gasteiger partial charge >= 0.3 is 0 Å². The summed E-state index contributed by atoms with van der Waals surface area (Å²) in [6.45, 7) is 1.53. The molecule has 0 heterocycles. The van der Waals surface area contributed by atoms with Crippen molar-refractivity contribution < 1.29 is 9.85 Å². The van der Waals surface area contributed by atoms with Gasteiger partial charge in [-0.2, -0.15) is 0 Å². The maximum absolute atomic E-state index is 10.2. The number of nitrogens with zero attached hydrogens (tertiary/aromatic N) is 2. The van der Waals surface area contributed by atoms with Gasteiger partial charge in [0, 0.05) is 29.1 Å². The van der Waals surface area contributed by atoms with Crippen molar-refractivity contribution in [2.24, 2.45) is 0 Å². The summed E-state index contributed by atoms with van der Waals surface area (Å²) in [4.78, 5) is 19.3. The fourth-order valence-electron chi connectivity index (χ4n) is 0.915. The van der Waals surface area contributed by atoms with Crippen LogP contribution in [0.5, 0.6) is 0 Å². The van der Waals surface area contributed by atoms with Crippen LogP contribution < -0.4 is 0 Å². The minimum Gasteiger partial charge on any atom is -0.265 e. The first-order valence-electron chi connectivity index (χ1n) is 3.83. The summed E-state index contributed by atoms with van der Waals surface area (Å²) in [7, 11) is 0. The molecular weight excluding hydrogens is 164 g/mol. The molecule has 0 aromatic carbocycles. The van der Waals surface area contributed by atoms with Gasteiger partial charge in [0.25, 0.3) is 0 Å². The summed E-state index contributed by atoms with van der Waals surface area (Å²) in [6.07, 6.45) is 1.02. The van der Waals surface area contributed by atoms with Crippen molar-refractivity contribution >= 4 is 0 Å². The molecule has 0 fully saturated rings. The topological polar surface area (TPSA) is 86.3 Å². The third kappa shape index (κ3) is 4.59. The Morgan fingerprint density at radius 1 is 1.33 bits per heavy atom. The molecule has 0 saturated heterocycles. The van der Waals surface area contributed by atoms with Gasteiger partial charge in [0.1, 0.15) is 0 Å². The van der Waals surface area contributed by atoms with Crippen LogP contribution in [0.3, 0.4) is 0 Å². The average molecular weight is 176 g/mol. The summed E-state index contributed by atoms with van der Waals surface area (Å²) in [5.74, 6) is 0. The van der Waals surface area contributed by atoms with Crippen molar-refractivity contribution in [2.45, 2.75) is 32.2 Å². The normalized spacial score (nSPS) is 12.4. The molecule has 0 spiro atoms. The highest BCUT2D eigenvalue weighted by Crippen LogP contribution is 2.04. The molecule has 0 aliphatic carbocycles. The van der Waals surface area contributed by atoms with Crippen molar-refractivity contribution in [3.05, 3.63) is 20.2 Å². The molecule has 0 aromatic rings. The Labute approximate surface area is 69.9 Å². The molecule has 6 nitrogen and oxygen atoms in total. The lowest BCUT2D eigenvalue weighted by Gasteiger charge is -2.03. The van der Waals surface area contributed by atoms with E-state index in [4.69, 9.17) is 0 Å². The quantitative estimate of drug-likeness (QED) is 0.447. The molecule has 6 heteroatoms. The Morgan fingerprint density at radius 3 is 2.25 bits per heavy atom. The van der Waals surface area contributed by atoms with E-state index in [9.17, 15) is 20.2 Å². The third-order valence-electron chi connectivity index (χ3n) is 1.65. The van der Waals surface area contributed by atoms with Gasteiger partial charge in [-0.3, -0.25) is 20.2 Å². The molecular formula is C6H12N2O4. The molecule has 12 heavy (non-hydrogen) atoms. The molecule has 0 saturated carbocycles. The summed E-state index contributed by atoms with van der Waals surface area (Å²) in [6, 6.07) is -0.620. The molecule has 0 aliphatic heterocycles. The molecule has 1 unspecified atom stereocenters. The monoisotopic (exact) mass is 176 g/mol. The van der Waals surface area contributed by atoms with Gasteiger partial charge in [0.2, 0.25) is 12.6 Å². The molecule has 1 atom stereocenters. The standard InChI is InChI=1S/C6H12N2O4/c1-2-6(8(11)12)4-3-5-7(9)10/h6H,2-5H2,1H3. The first-order valence-corrected chi connectivity index (χ1v) is 3.83. The maximum atomic E-state index is 10.2. The summed E-state index contributed by atoms with van der Waals surface area (Å²) < 4.78 is 0. The highest BCUT2D eigenvalue weighted by molar-refractivity contribution is 4.53. The van der Waals surface area contributed by atoms with Gasteiger partial charge in [-0.15, -0.1) is 0 Å². The second-order valence-corrected chi connectivity index (χ2v) is 2.55. The average Bonchev–Trinajstić information content (AvgIpc) is 1.96. The van der Waals surface area contributed by atoms with Crippen LogP contribution in [0.1, 0.15) is 26.2 Å². The fraction of sp³-hybridized carbons (Fsp3) is 1.00. The summed E-state index contributed by atoms with van der Waals surface area (Å²) in [5, 5.41) is 20.1. The Kier molecular flexibility index (Phi) is 4.91. The zero-order valence-electron chi connectivity index (χ0n) is 6.93. The Morgan fingerprint density at radius 2 is 1.92 bits per heavy atom. The fourth-order valence-corrected chi connectivity index (χ4v) is 0.915. The molecule has 0 rings (SSSR count). The predicted molar refractivity (Wildman–Crippen MR) is 42.2 cm³/mol. The highest BCUT2D eigenvalue weighted by Gasteiger charge is 2.17. The lowest BCUT2D eigenvalue weighted by Crippen LogP contribution is -2.19. The number of nitro groups is 2. The minimum atomic E-state index is -0.620. The van der Waals surface area contributed by atoms with Crippen molar-refractivity contribution in [1.82, 2.24) is 0 Å². The second-order valence-electron chi connectivity index (χ2n) is 2.55. The van der Waals surface area contributed by atoms with E-state index in [1.165, 1.54) is 0 Å². The van der Waals surface area contributed by atoms with Gasteiger partial charge in [-0.05, 0) is 0 Å². The van der Waals surface area contributed by atoms with E-state index in [0.717, 1.165) is 0 Å². The van der Waals surface area contributed by atoms with Crippen LogP contribution in [0, 0.1) is 20.2 Å². The SMILES string of the molecule is CCC(CCC[N+](=O)[O-])[N+](=O)[O-]. The van der Waals surface area contributed by atoms with Gasteiger partial charge in [-0.25, -0.2) is 0 Å². The van der Waals surface area contributed by atoms with E-state index in [2.05, 4.69) is 0 Å². The van der Waals surface area contributed by atoms with Crippen LogP contribution in [0.15, 0.2) is 0 Å². The van der Waals surface area contributed by atoms with Gasteiger partial charge in [0.05, 0.1) is 0 Å². The highest BCUT2D eigenvalue weighted by atomic mass is 16.6. The molecule has 0 aliphatic rings. The van der Waals surface area contributed by atoms with E-state index >= 15 is 0 Å². The molecule has 0 N–H and O–H groups in total. The molecule has 0 aromatic heterocycles. The van der Waals surface area contributed by atoms with Gasteiger partial charge in [0.15, 0.2) is 0 Å². The Hall–Kier alpha value is -1.20. The van der Waals surface area contributed by atoms with Crippen LogP contribution in [0.2, 0.25) is 0 Å². The van der Waals surface area contributed by atoms with Crippen LogP contribution in [-0.4, -0.2) is 22.4 Å². The first-order chi connectivity index (χ1) is 5.57. The van der Waals surface area contributed by atoms with E-state index < -0.39 is 11.0 Å². The molecule has 0 amide bonds. The van der Waals surface area contributed by atoms with Crippen molar-refractivity contribution in [1.29, 1.82) is 0 Å². The zero-order chi connectivity index (χ0) is 9.56. The predicted octanol–water partition coefficient (Wildman–Crippen LogP) is 1.10. The van der Waals surface area contributed by atoms with Crippen LogP contribution in [0.4, 0.5) is 0 Å². The second kappa shape index (κ2) is 5.45. The summed E-state index contributed by atoms with van der Waals surface area (Å²) in [5.41, 5.74) is 0. The van der Waals surface area contributed by atoms with Crippen LogP contribution >= 0.6 is 0 Å². The third-order valence-corrected chi connectivity index (χ3v) is 1.65. The van der Waals surface area contributed by atoms with Crippen molar-refractivity contribution in [3.63, 3.8) is 0 Å². The van der Waals surface area contributed by atoms with E-state index in [1.807, 2.05) is 0 Å². The van der Waals surface area contributed by atoms with Crippen molar-refractivity contribution in [2.75, 3.05) is 6.54 Å².